The first kappa shape index (κ1) is 14.2. The van der Waals surface area contributed by atoms with Gasteiger partial charge in [0.05, 0.1) is 12.6 Å². The van der Waals surface area contributed by atoms with Gasteiger partial charge in [-0.15, -0.1) is 0 Å². The number of carbonyl (C=O) groups excluding carboxylic acids is 1. The Labute approximate surface area is 113 Å². The van der Waals surface area contributed by atoms with Crippen molar-refractivity contribution in [2.24, 2.45) is 0 Å². The summed E-state index contributed by atoms with van der Waals surface area (Å²) in [7, 11) is 0. The van der Waals surface area contributed by atoms with E-state index in [9.17, 15) is 9.18 Å². The molecule has 1 aliphatic heterocycles. The number of Topliss-reactive ketones (excluding diaryl/α,β-unsaturated/α-hetero) is 1. The highest BCUT2D eigenvalue weighted by molar-refractivity contribution is 5.82. The van der Waals surface area contributed by atoms with Crippen molar-refractivity contribution in [3.8, 4) is 0 Å². The molecule has 4 heteroatoms. The lowest BCUT2D eigenvalue weighted by atomic mass is 10.1. The Bertz CT molecular complexity index is 419. The number of rotatable bonds is 4. The van der Waals surface area contributed by atoms with Crippen LogP contribution in [-0.2, 0) is 16.0 Å². The van der Waals surface area contributed by atoms with Crippen molar-refractivity contribution in [2.45, 2.75) is 25.9 Å². The lowest BCUT2D eigenvalue weighted by Crippen LogP contribution is -2.35. The van der Waals surface area contributed by atoms with Gasteiger partial charge in [-0.25, -0.2) is 4.39 Å². The van der Waals surface area contributed by atoms with Gasteiger partial charge in [0.15, 0.2) is 5.78 Å². The van der Waals surface area contributed by atoms with Gasteiger partial charge in [-0.1, -0.05) is 12.1 Å². The van der Waals surface area contributed by atoms with Crippen LogP contribution in [0.4, 0.5) is 4.39 Å². The summed E-state index contributed by atoms with van der Waals surface area (Å²) < 4.78 is 18.3. The van der Waals surface area contributed by atoms with E-state index in [1.807, 2.05) is 6.92 Å². The molecule has 1 heterocycles. The molecule has 0 aliphatic carbocycles. The molecular formula is C15H20FNO2. The van der Waals surface area contributed by atoms with E-state index in [1.165, 1.54) is 12.1 Å². The minimum Gasteiger partial charge on any atom is -0.377 e. The monoisotopic (exact) mass is 265 g/mol. The number of ether oxygens (including phenoxy) is 1. The SMILES string of the molecule is CC1CN(CC(=O)Cc2ccc(F)cc2)CCCO1. The molecule has 0 aromatic heterocycles. The molecule has 0 spiro atoms. The number of carbonyl (C=O) groups is 1. The summed E-state index contributed by atoms with van der Waals surface area (Å²) in [4.78, 5) is 14.2. The Morgan fingerprint density at radius 3 is 2.89 bits per heavy atom. The molecule has 1 unspecified atom stereocenters. The van der Waals surface area contributed by atoms with E-state index in [2.05, 4.69) is 4.90 Å². The summed E-state index contributed by atoms with van der Waals surface area (Å²) in [6.45, 7) is 4.95. The molecule has 0 bridgehead atoms. The first-order chi connectivity index (χ1) is 9.13. The van der Waals surface area contributed by atoms with Gasteiger partial charge in [0.1, 0.15) is 5.82 Å². The molecular weight excluding hydrogens is 245 g/mol. The van der Waals surface area contributed by atoms with Gasteiger partial charge in [-0.2, -0.15) is 0 Å². The fraction of sp³-hybridized carbons (Fsp3) is 0.533. The lowest BCUT2D eigenvalue weighted by molar-refractivity contribution is -0.119. The van der Waals surface area contributed by atoms with Gasteiger partial charge in [-0.05, 0) is 31.0 Å². The fourth-order valence-corrected chi connectivity index (χ4v) is 2.36. The third-order valence-electron chi connectivity index (χ3n) is 3.25. The van der Waals surface area contributed by atoms with Crippen LogP contribution in [-0.4, -0.2) is 43.0 Å². The predicted octanol–water partition coefficient (Wildman–Crippen LogP) is 2.05. The zero-order valence-electron chi connectivity index (χ0n) is 11.3. The van der Waals surface area contributed by atoms with Crippen LogP contribution in [0.25, 0.3) is 0 Å². The van der Waals surface area contributed by atoms with Crippen LogP contribution < -0.4 is 0 Å². The molecule has 1 atom stereocenters. The summed E-state index contributed by atoms with van der Waals surface area (Å²) in [5.41, 5.74) is 0.866. The van der Waals surface area contributed by atoms with Crippen LogP contribution in [0.15, 0.2) is 24.3 Å². The molecule has 1 aliphatic rings. The van der Waals surface area contributed by atoms with Gasteiger partial charge < -0.3 is 4.74 Å². The summed E-state index contributed by atoms with van der Waals surface area (Å²) >= 11 is 0. The van der Waals surface area contributed by atoms with Gasteiger partial charge in [0, 0.05) is 26.1 Å². The van der Waals surface area contributed by atoms with E-state index >= 15 is 0 Å². The topological polar surface area (TPSA) is 29.5 Å². The molecule has 0 N–H and O–H groups in total. The van der Waals surface area contributed by atoms with E-state index in [1.54, 1.807) is 12.1 Å². The lowest BCUT2D eigenvalue weighted by Gasteiger charge is -2.20. The normalized spacial score (nSPS) is 21.1. The van der Waals surface area contributed by atoms with Crippen molar-refractivity contribution in [3.63, 3.8) is 0 Å². The zero-order chi connectivity index (χ0) is 13.7. The molecule has 1 aromatic carbocycles. The van der Waals surface area contributed by atoms with Crippen molar-refractivity contribution in [1.82, 2.24) is 4.90 Å². The highest BCUT2D eigenvalue weighted by atomic mass is 19.1. The number of hydrogen-bond donors (Lipinski definition) is 0. The molecule has 1 aromatic rings. The Morgan fingerprint density at radius 1 is 1.42 bits per heavy atom. The van der Waals surface area contributed by atoms with E-state index in [0.29, 0.717) is 13.0 Å². The minimum atomic E-state index is -0.269. The Balaban J connectivity index is 1.84. The second kappa shape index (κ2) is 6.78. The summed E-state index contributed by atoms with van der Waals surface area (Å²) in [6, 6.07) is 6.12. The van der Waals surface area contributed by atoms with E-state index < -0.39 is 0 Å². The third-order valence-corrected chi connectivity index (χ3v) is 3.25. The quantitative estimate of drug-likeness (QED) is 0.834. The third kappa shape index (κ3) is 4.73. The molecule has 2 rings (SSSR count). The molecule has 0 amide bonds. The molecule has 19 heavy (non-hydrogen) atoms. The Kier molecular flexibility index (Phi) is 5.05. The van der Waals surface area contributed by atoms with Crippen molar-refractivity contribution in [3.05, 3.63) is 35.6 Å². The highest BCUT2D eigenvalue weighted by Gasteiger charge is 2.17. The molecule has 0 radical (unpaired) electrons. The van der Waals surface area contributed by atoms with Gasteiger partial charge >= 0.3 is 0 Å². The Hall–Kier alpha value is -1.26. The van der Waals surface area contributed by atoms with Crippen LogP contribution in [0.1, 0.15) is 18.9 Å². The molecule has 1 fully saturated rings. The zero-order valence-corrected chi connectivity index (χ0v) is 11.3. The molecule has 3 nitrogen and oxygen atoms in total. The minimum absolute atomic E-state index is 0.167. The summed E-state index contributed by atoms with van der Waals surface area (Å²) in [5, 5.41) is 0. The second-order valence-electron chi connectivity index (χ2n) is 5.11. The maximum absolute atomic E-state index is 12.8. The average molecular weight is 265 g/mol. The number of nitrogens with zero attached hydrogens (tertiary/aromatic N) is 1. The first-order valence-corrected chi connectivity index (χ1v) is 6.73. The van der Waals surface area contributed by atoms with Crippen molar-refractivity contribution < 1.29 is 13.9 Å². The average Bonchev–Trinajstić information content (AvgIpc) is 2.56. The maximum atomic E-state index is 12.8. The van der Waals surface area contributed by atoms with E-state index in [-0.39, 0.29) is 17.7 Å². The molecule has 104 valence electrons. The van der Waals surface area contributed by atoms with Gasteiger partial charge in [-0.3, -0.25) is 9.69 Å². The van der Waals surface area contributed by atoms with E-state index in [0.717, 1.165) is 31.7 Å². The van der Waals surface area contributed by atoms with Crippen LogP contribution in [0.2, 0.25) is 0 Å². The number of halogens is 1. The second-order valence-corrected chi connectivity index (χ2v) is 5.11. The summed E-state index contributed by atoms with van der Waals surface area (Å²) in [5.74, 6) is -0.101. The standard InChI is InChI=1S/C15H20FNO2/c1-12-10-17(7-2-8-19-12)11-15(18)9-13-3-5-14(16)6-4-13/h3-6,12H,2,7-11H2,1H3. The molecule has 1 saturated heterocycles. The fourth-order valence-electron chi connectivity index (χ4n) is 2.36. The van der Waals surface area contributed by atoms with E-state index in [4.69, 9.17) is 4.74 Å². The van der Waals surface area contributed by atoms with Crippen LogP contribution in [0.3, 0.4) is 0 Å². The number of ketones is 1. The summed E-state index contributed by atoms with van der Waals surface area (Å²) in [6.07, 6.45) is 1.52. The van der Waals surface area contributed by atoms with Crippen LogP contribution in [0.5, 0.6) is 0 Å². The first-order valence-electron chi connectivity index (χ1n) is 6.73. The number of benzene rings is 1. The van der Waals surface area contributed by atoms with Crippen molar-refractivity contribution >= 4 is 5.78 Å². The van der Waals surface area contributed by atoms with Crippen molar-refractivity contribution in [1.29, 1.82) is 0 Å². The highest BCUT2D eigenvalue weighted by Crippen LogP contribution is 2.08. The maximum Gasteiger partial charge on any atom is 0.151 e. The predicted molar refractivity (Wildman–Crippen MR) is 71.6 cm³/mol. The largest absolute Gasteiger partial charge is 0.377 e. The molecule has 0 saturated carbocycles. The van der Waals surface area contributed by atoms with Crippen LogP contribution >= 0.6 is 0 Å². The number of hydrogen-bond acceptors (Lipinski definition) is 3. The van der Waals surface area contributed by atoms with Gasteiger partial charge in [0.25, 0.3) is 0 Å². The Morgan fingerprint density at radius 2 is 2.16 bits per heavy atom. The van der Waals surface area contributed by atoms with Crippen LogP contribution in [0, 0.1) is 5.82 Å². The van der Waals surface area contributed by atoms with Gasteiger partial charge in [0.2, 0.25) is 0 Å². The smallest absolute Gasteiger partial charge is 0.151 e. The van der Waals surface area contributed by atoms with Crippen molar-refractivity contribution in [2.75, 3.05) is 26.2 Å².